The third-order valence-corrected chi connectivity index (χ3v) is 6.09. The number of carbonyl (C=O) groups excluding carboxylic acids is 2. The van der Waals surface area contributed by atoms with Gasteiger partial charge in [0.2, 0.25) is 5.91 Å². The second kappa shape index (κ2) is 10.4. The van der Waals surface area contributed by atoms with Crippen LogP contribution in [0.2, 0.25) is 0 Å². The fourth-order valence-electron chi connectivity index (χ4n) is 3.47. The van der Waals surface area contributed by atoms with Crippen LogP contribution in [-0.2, 0) is 20.9 Å². The molecular weight excluding hydrogens is 390 g/mol. The van der Waals surface area contributed by atoms with Gasteiger partial charge in [-0.2, -0.15) is 0 Å². The molecule has 0 atom stereocenters. The van der Waals surface area contributed by atoms with Gasteiger partial charge in [0.05, 0.1) is 30.2 Å². The van der Waals surface area contributed by atoms with Crippen molar-refractivity contribution in [2.45, 2.75) is 50.2 Å². The van der Waals surface area contributed by atoms with Crippen molar-refractivity contribution >= 4 is 34.5 Å². The van der Waals surface area contributed by atoms with Crippen LogP contribution in [0.5, 0.6) is 0 Å². The Bertz CT molecular complexity index is 920. The molecule has 0 radical (unpaired) electrons. The van der Waals surface area contributed by atoms with Crippen molar-refractivity contribution in [1.82, 2.24) is 14.5 Å². The lowest BCUT2D eigenvalue weighted by atomic mass is 10.1. The Balaban J connectivity index is 1.79. The first-order valence-corrected chi connectivity index (χ1v) is 11.1. The standard InChI is InChI=1S/C21H27N3O4S/c1-28-19(26)11-14-24-20(27)16-9-5-6-10-17(16)22-21(24)29-15-18(25)23-12-7-3-2-4-8-13-23/h5-6,9-10H,2-4,7-8,11-15H2,1H3. The molecule has 8 heteroatoms. The lowest BCUT2D eigenvalue weighted by Crippen LogP contribution is -2.35. The number of aromatic nitrogens is 2. The van der Waals surface area contributed by atoms with Gasteiger partial charge in [0, 0.05) is 19.6 Å². The maximum absolute atomic E-state index is 12.9. The van der Waals surface area contributed by atoms with Crippen molar-refractivity contribution in [2.75, 3.05) is 26.0 Å². The molecule has 1 amide bonds. The summed E-state index contributed by atoms with van der Waals surface area (Å²) in [5, 5.41) is 0.954. The highest BCUT2D eigenvalue weighted by Gasteiger charge is 2.18. The van der Waals surface area contributed by atoms with Crippen molar-refractivity contribution in [1.29, 1.82) is 0 Å². The summed E-state index contributed by atoms with van der Waals surface area (Å²) < 4.78 is 6.17. The van der Waals surface area contributed by atoms with Crippen molar-refractivity contribution in [2.24, 2.45) is 0 Å². The first kappa shape index (κ1) is 21.4. The molecule has 0 bridgehead atoms. The molecule has 0 unspecified atom stereocenters. The number of para-hydroxylation sites is 1. The van der Waals surface area contributed by atoms with Crippen LogP contribution in [0.1, 0.15) is 38.5 Å². The summed E-state index contributed by atoms with van der Waals surface area (Å²) in [6.45, 7) is 1.75. The Hall–Kier alpha value is -2.35. The van der Waals surface area contributed by atoms with Crippen molar-refractivity contribution in [3.8, 4) is 0 Å². The summed E-state index contributed by atoms with van der Waals surface area (Å²) in [7, 11) is 1.32. The lowest BCUT2D eigenvalue weighted by molar-refractivity contribution is -0.140. The monoisotopic (exact) mass is 417 g/mol. The highest BCUT2D eigenvalue weighted by molar-refractivity contribution is 7.99. The number of ether oxygens (including phenoxy) is 1. The van der Waals surface area contributed by atoms with Crippen LogP contribution in [0, 0.1) is 0 Å². The summed E-state index contributed by atoms with van der Waals surface area (Å²) in [5.41, 5.74) is 0.383. The summed E-state index contributed by atoms with van der Waals surface area (Å²) in [6.07, 6.45) is 5.71. The number of benzene rings is 1. The van der Waals surface area contributed by atoms with E-state index in [4.69, 9.17) is 4.74 Å². The predicted molar refractivity (Wildman–Crippen MR) is 113 cm³/mol. The molecule has 1 fully saturated rings. The van der Waals surface area contributed by atoms with E-state index in [1.165, 1.54) is 29.9 Å². The van der Waals surface area contributed by atoms with Gasteiger partial charge in [-0.05, 0) is 25.0 Å². The number of rotatable bonds is 6. The summed E-state index contributed by atoms with van der Waals surface area (Å²) in [6, 6.07) is 7.12. The molecule has 2 aromatic rings. The maximum Gasteiger partial charge on any atom is 0.307 e. The largest absolute Gasteiger partial charge is 0.469 e. The zero-order chi connectivity index (χ0) is 20.6. The van der Waals surface area contributed by atoms with E-state index in [2.05, 4.69) is 4.98 Å². The molecule has 7 nitrogen and oxygen atoms in total. The summed E-state index contributed by atoms with van der Waals surface area (Å²) >= 11 is 1.26. The van der Waals surface area contributed by atoms with Gasteiger partial charge in [0.1, 0.15) is 0 Å². The number of nitrogens with zero attached hydrogens (tertiary/aromatic N) is 3. The highest BCUT2D eigenvalue weighted by Crippen LogP contribution is 2.20. The molecule has 0 spiro atoms. The normalized spacial score (nSPS) is 15.0. The number of hydrogen-bond acceptors (Lipinski definition) is 6. The van der Waals surface area contributed by atoms with Crippen molar-refractivity contribution < 1.29 is 14.3 Å². The van der Waals surface area contributed by atoms with Gasteiger partial charge < -0.3 is 9.64 Å². The van der Waals surface area contributed by atoms with E-state index in [0.29, 0.717) is 16.1 Å². The van der Waals surface area contributed by atoms with Gasteiger partial charge in [-0.3, -0.25) is 19.0 Å². The number of thioether (sulfide) groups is 1. The van der Waals surface area contributed by atoms with Crippen LogP contribution >= 0.6 is 11.8 Å². The average Bonchev–Trinajstić information content (AvgIpc) is 2.71. The average molecular weight is 418 g/mol. The third kappa shape index (κ3) is 5.59. The van der Waals surface area contributed by atoms with Crippen LogP contribution in [0.3, 0.4) is 0 Å². The molecule has 3 rings (SSSR count). The SMILES string of the molecule is COC(=O)CCn1c(SCC(=O)N2CCCCCCC2)nc2ccccc2c1=O. The number of methoxy groups -OCH3 is 1. The van der Waals surface area contributed by atoms with E-state index in [1.807, 2.05) is 11.0 Å². The second-order valence-corrected chi connectivity index (χ2v) is 8.07. The molecule has 2 heterocycles. The topological polar surface area (TPSA) is 81.5 Å². The van der Waals surface area contributed by atoms with E-state index in [0.717, 1.165) is 38.8 Å². The predicted octanol–water partition coefficient (Wildman–Crippen LogP) is 2.84. The van der Waals surface area contributed by atoms with E-state index < -0.39 is 5.97 Å². The quantitative estimate of drug-likeness (QED) is 0.408. The van der Waals surface area contributed by atoms with E-state index in [-0.39, 0.29) is 30.2 Å². The Labute approximate surface area is 174 Å². The van der Waals surface area contributed by atoms with E-state index in [9.17, 15) is 14.4 Å². The highest BCUT2D eigenvalue weighted by atomic mass is 32.2. The smallest absolute Gasteiger partial charge is 0.307 e. The minimum absolute atomic E-state index is 0.0684. The Morgan fingerprint density at radius 3 is 2.52 bits per heavy atom. The summed E-state index contributed by atoms with van der Waals surface area (Å²) in [4.78, 5) is 43.8. The van der Waals surface area contributed by atoms with Crippen LogP contribution in [0.15, 0.2) is 34.2 Å². The van der Waals surface area contributed by atoms with E-state index in [1.54, 1.807) is 18.2 Å². The van der Waals surface area contributed by atoms with Crippen LogP contribution < -0.4 is 5.56 Å². The Morgan fingerprint density at radius 2 is 1.79 bits per heavy atom. The Kier molecular flexibility index (Phi) is 7.69. The first-order valence-electron chi connectivity index (χ1n) is 10.1. The second-order valence-electron chi connectivity index (χ2n) is 7.13. The number of hydrogen-bond donors (Lipinski definition) is 0. The molecule has 0 saturated carbocycles. The molecule has 0 aliphatic carbocycles. The van der Waals surface area contributed by atoms with Gasteiger partial charge in [0.15, 0.2) is 5.16 Å². The zero-order valence-electron chi connectivity index (χ0n) is 16.8. The minimum atomic E-state index is -0.391. The van der Waals surface area contributed by atoms with Gasteiger partial charge in [-0.15, -0.1) is 0 Å². The van der Waals surface area contributed by atoms with Crippen molar-refractivity contribution in [3.63, 3.8) is 0 Å². The number of likely N-dealkylation sites (tertiary alicyclic amines) is 1. The third-order valence-electron chi connectivity index (χ3n) is 5.13. The van der Waals surface area contributed by atoms with E-state index >= 15 is 0 Å². The molecule has 29 heavy (non-hydrogen) atoms. The molecule has 1 aliphatic rings. The number of carbonyl (C=O) groups is 2. The molecule has 1 saturated heterocycles. The zero-order valence-corrected chi connectivity index (χ0v) is 17.6. The number of esters is 1. The molecule has 0 N–H and O–H groups in total. The van der Waals surface area contributed by atoms with Crippen LogP contribution in [0.25, 0.3) is 10.9 Å². The van der Waals surface area contributed by atoms with Crippen LogP contribution in [-0.4, -0.2) is 52.3 Å². The lowest BCUT2D eigenvalue weighted by Gasteiger charge is -2.24. The molecule has 1 aromatic heterocycles. The van der Waals surface area contributed by atoms with Gasteiger partial charge in [-0.25, -0.2) is 4.98 Å². The molecular formula is C21H27N3O4S. The molecule has 1 aromatic carbocycles. The molecule has 1 aliphatic heterocycles. The fourth-order valence-corrected chi connectivity index (χ4v) is 4.40. The van der Waals surface area contributed by atoms with Gasteiger partial charge >= 0.3 is 5.97 Å². The van der Waals surface area contributed by atoms with Gasteiger partial charge in [-0.1, -0.05) is 43.2 Å². The van der Waals surface area contributed by atoms with Crippen LogP contribution in [0.4, 0.5) is 0 Å². The number of fused-ring (bicyclic) bond motifs is 1. The Morgan fingerprint density at radius 1 is 1.10 bits per heavy atom. The van der Waals surface area contributed by atoms with Gasteiger partial charge in [0.25, 0.3) is 5.56 Å². The minimum Gasteiger partial charge on any atom is -0.469 e. The van der Waals surface area contributed by atoms with Crippen molar-refractivity contribution in [3.05, 3.63) is 34.6 Å². The first-order chi connectivity index (χ1) is 14.1. The fraction of sp³-hybridized carbons (Fsp3) is 0.524. The summed E-state index contributed by atoms with van der Waals surface area (Å²) in [5.74, 6) is -0.0974. The number of amides is 1. The maximum atomic E-state index is 12.9. The molecule has 156 valence electrons.